The molecule has 2 saturated carbocycles. The molecule has 0 radical (unpaired) electrons. The number of ether oxygens (including phenoxy) is 1. The number of fused-ring (bicyclic) bond motifs is 5. The molecule has 1 saturated heterocycles. The molecule has 10 rings (SSSR count). The Hall–Kier alpha value is -5.81. The van der Waals surface area contributed by atoms with Gasteiger partial charge in [0.05, 0.1) is 56.0 Å². The Balaban J connectivity index is 1.18. The third-order valence-electron chi connectivity index (χ3n) is 12.7. The Bertz CT molecular complexity index is 3190. The molecule has 5 atom stereocenters. The second-order valence-corrected chi connectivity index (χ2v) is 20.2. The lowest BCUT2D eigenvalue weighted by molar-refractivity contribution is -0.123. The Kier molecular flexibility index (Phi) is 11.3. The number of benzene rings is 3. The van der Waals surface area contributed by atoms with E-state index in [4.69, 9.17) is 21.3 Å². The third-order valence-corrected chi connectivity index (χ3v) is 14.9. The van der Waals surface area contributed by atoms with Gasteiger partial charge in [-0.25, -0.2) is 39.7 Å². The van der Waals surface area contributed by atoms with Gasteiger partial charge >= 0.3 is 0 Å². The fourth-order valence-corrected chi connectivity index (χ4v) is 11.3. The van der Waals surface area contributed by atoms with E-state index in [0.29, 0.717) is 42.4 Å². The molecule has 0 spiro atoms. The van der Waals surface area contributed by atoms with Crippen LogP contribution in [0.2, 0.25) is 5.02 Å². The molecule has 68 heavy (non-hydrogen) atoms. The van der Waals surface area contributed by atoms with E-state index in [9.17, 15) is 39.6 Å². The SMILES string of the molecule is C[C@@H]1CN(c2ccc3c(=O)n(-c4ccc(Cl)c5c(NS(=O)(=O)C6CC6)nn(CC(F)F)c45)c([C@H](Cc4cc(F)cc(F)c4)NC(=O)Cn4nc(C(F)F)c5c4C(F)(F)[C@@H]4C[C@H]54)nc3c2)C[C@H](C)O1. The van der Waals surface area contributed by atoms with Gasteiger partial charge in [0.25, 0.3) is 24.3 Å². The lowest BCUT2D eigenvalue weighted by atomic mass is 10.0. The van der Waals surface area contributed by atoms with Crippen molar-refractivity contribution in [1.29, 1.82) is 0 Å². The van der Waals surface area contributed by atoms with Crippen LogP contribution in [0, 0.1) is 17.6 Å². The molecule has 3 aromatic heterocycles. The zero-order valence-corrected chi connectivity index (χ0v) is 37.4. The molecule has 360 valence electrons. The van der Waals surface area contributed by atoms with Gasteiger partial charge in [-0.2, -0.15) is 19.0 Å². The smallest absolute Gasteiger partial charge is 0.293 e. The standard InChI is InChI=1S/C44H40ClF8N9O5S/c1-19-15-59(16-20(2)67-19)24-3-6-26-30(13-24)55-42(62(43(26)64)32-8-7-29(45)36-38(32)60(17-33(48)49)57-41(36)58-68(65,66)25-4-5-25)31(11-21-9-22(46)12-23(47)10-21)54-34(63)18-61-39-35(37(56-61)40(50)51)27-14-28(27)44(39,52)53/h3,6-10,12-13,19-20,25,27-28,31,33,40H,4-5,11,14-18H2,1-2H3,(H,54,63)(H,57,58)/t19-,20+,27-,28+,31-/m0/s1. The summed E-state index contributed by atoms with van der Waals surface area (Å²) in [5.74, 6) is -9.72. The molecule has 4 heterocycles. The number of hydrogen-bond acceptors (Lipinski definition) is 9. The lowest BCUT2D eigenvalue weighted by Gasteiger charge is -2.37. The Labute approximate surface area is 386 Å². The zero-order chi connectivity index (χ0) is 48.3. The van der Waals surface area contributed by atoms with Crippen molar-refractivity contribution in [3.8, 4) is 5.69 Å². The molecular weight excluding hydrogens is 954 g/mol. The van der Waals surface area contributed by atoms with Crippen molar-refractivity contribution in [2.45, 2.75) is 101 Å². The quantitative estimate of drug-likeness (QED) is 0.104. The normalized spacial score (nSPS) is 21.5. The minimum absolute atomic E-state index is 0.0322. The average molecular weight is 994 g/mol. The number of carbonyl (C=O) groups excluding carboxylic acids is 1. The van der Waals surface area contributed by atoms with Crippen LogP contribution in [0.25, 0.3) is 27.5 Å². The molecule has 0 unspecified atom stereocenters. The highest BCUT2D eigenvalue weighted by atomic mass is 35.5. The summed E-state index contributed by atoms with van der Waals surface area (Å²) in [6, 6.07) is 8.04. The van der Waals surface area contributed by atoms with E-state index in [0.717, 1.165) is 21.4 Å². The number of morpholine rings is 1. The fourth-order valence-electron chi connectivity index (χ4n) is 9.74. The summed E-state index contributed by atoms with van der Waals surface area (Å²) in [5.41, 5.74) is -2.93. The summed E-state index contributed by atoms with van der Waals surface area (Å²) in [6.07, 6.45) is -6.66. The molecule has 3 aromatic carbocycles. The van der Waals surface area contributed by atoms with Gasteiger partial charge in [0.2, 0.25) is 15.9 Å². The van der Waals surface area contributed by atoms with E-state index in [2.05, 4.69) is 20.2 Å². The van der Waals surface area contributed by atoms with Crippen LogP contribution in [0.1, 0.15) is 79.8 Å². The Morgan fingerprint density at radius 3 is 2.34 bits per heavy atom. The van der Waals surface area contributed by atoms with Crippen molar-refractivity contribution in [3.05, 3.63) is 104 Å². The number of aromatic nitrogens is 6. The van der Waals surface area contributed by atoms with Gasteiger partial charge in [-0.3, -0.25) is 28.2 Å². The van der Waals surface area contributed by atoms with Crippen LogP contribution >= 0.6 is 11.6 Å². The lowest BCUT2D eigenvalue weighted by Crippen LogP contribution is -2.45. The molecule has 3 aliphatic carbocycles. The van der Waals surface area contributed by atoms with Crippen molar-refractivity contribution in [2.75, 3.05) is 22.7 Å². The fraction of sp³-hybridized carbons (Fsp3) is 0.432. The summed E-state index contributed by atoms with van der Waals surface area (Å²) in [6.45, 7) is 2.46. The highest BCUT2D eigenvalue weighted by molar-refractivity contribution is 7.93. The molecule has 24 heteroatoms. The zero-order valence-electron chi connectivity index (χ0n) is 35.9. The molecule has 6 aromatic rings. The van der Waals surface area contributed by atoms with E-state index in [1.807, 2.05) is 18.7 Å². The maximum Gasteiger partial charge on any atom is 0.293 e. The summed E-state index contributed by atoms with van der Waals surface area (Å²) in [4.78, 5) is 36.4. The van der Waals surface area contributed by atoms with Crippen molar-refractivity contribution in [2.24, 2.45) is 5.92 Å². The van der Waals surface area contributed by atoms with E-state index in [1.54, 1.807) is 12.1 Å². The van der Waals surface area contributed by atoms with Crippen LogP contribution in [0.15, 0.2) is 53.3 Å². The number of nitrogens with zero attached hydrogens (tertiary/aromatic N) is 7. The van der Waals surface area contributed by atoms with Gasteiger partial charge < -0.3 is 15.0 Å². The number of nitrogens with one attached hydrogen (secondary N) is 2. The van der Waals surface area contributed by atoms with Crippen LogP contribution in [0.4, 0.5) is 46.6 Å². The number of anilines is 2. The molecule has 2 N–H and O–H groups in total. The minimum Gasteiger partial charge on any atom is -0.372 e. The minimum atomic E-state index is -4.09. The summed E-state index contributed by atoms with van der Waals surface area (Å²) in [5, 5.41) is 9.37. The monoisotopic (exact) mass is 993 g/mol. The number of halogens is 9. The van der Waals surface area contributed by atoms with Crippen LogP contribution in [-0.4, -0.2) is 80.4 Å². The second kappa shape index (κ2) is 16.7. The highest BCUT2D eigenvalue weighted by Gasteiger charge is 2.67. The topological polar surface area (TPSA) is 158 Å². The first-order valence-corrected chi connectivity index (χ1v) is 23.6. The maximum absolute atomic E-state index is 15.6. The van der Waals surface area contributed by atoms with Crippen molar-refractivity contribution < 1.29 is 53.1 Å². The maximum atomic E-state index is 15.6. The number of amides is 1. The molecule has 3 fully saturated rings. The van der Waals surface area contributed by atoms with Gasteiger partial charge in [-0.15, -0.1) is 0 Å². The highest BCUT2D eigenvalue weighted by Crippen LogP contribution is 2.68. The summed E-state index contributed by atoms with van der Waals surface area (Å²) >= 11 is 6.69. The van der Waals surface area contributed by atoms with E-state index < -0.39 is 112 Å². The first-order valence-electron chi connectivity index (χ1n) is 21.7. The summed E-state index contributed by atoms with van der Waals surface area (Å²) < 4.78 is 155. The third kappa shape index (κ3) is 8.22. The molecular formula is C44H40ClF8N9O5S. The first-order chi connectivity index (χ1) is 32.2. The van der Waals surface area contributed by atoms with Crippen LogP contribution in [0.5, 0.6) is 0 Å². The number of carbonyl (C=O) groups is 1. The van der Waals surface area contributed by atoms with E-state index in [-0.39, 0.29) is 68.1 Å². The molecule has 4 aliphatic rings. The van der Waals surface area contributed by atoms with Gasteiger partial charge in [0, 0.05) is 42.7 Å². The van der Waals surface area contributed by atoms with Crippen molar-refractivity contribution in [1.82, 2.24) is 34.4 Å². The molecule has 1 amide bonds. The van der Waals surface area contributed by atoms with Crippen molar-refractivity contribution in [3.63, 3.8) is 0 Å². The number of sulfonamides is 1. The Morgan fingerprint density at radius 2 is 1.68 bits per heavy atom. The van der Waals surface area contributed by atoms with Gasteiger partial charge in [0.15, 0.2) is 5.82 Å². The number of alkyl halides is 6. The van der Waals surface area contributed by atoms with Gasteiger partial charge in [-0.1, -0.05) is 11.6 Å². The number of rotatable bonds is 14. The number of hydrogen-bond donors (Lipinski definition) is 2. The van der Waals surface area contributed by atoms with Gasteiger partial charge in [-0.05, 0) is 87.1 Å². The van der Waals surface area contributed by atoms with Gasteiger partial charge in [0.1, 0.15) is 41.9 Å². The largest absolute Gasteiger partial charge is 0.372 e. The molecule has 1 aliphatic heterocycles. The first kappa shape index (κ1) is 45.9. The predicted molar refractivity (Wildman–Crippen MR) is 232 cm³/mol. The second-order valence-electron chi connectivity index (χ2n) is 17.8. The van der Waals surface area contributed by atoms with Crippen LogP contribution in [0.3, 0.4) is 0 Å². The molecule has 14 nitrogen and oxygen atoms in total. The van der Waals surface area contributed by atoms with E-state index in [1.165, 1.54) is 18.2 Å². The Morgan fingerprint density at radius 1 is 0.971 bits per heavy atom. The van der Waals surface area contributed by atoms with Crippen molar-refractivity contribution >= 4 is 60.8 Å². The predicted octanol–water partition coefficient (Wildman–Crippen LogP) is 7.89. The van der Waals surface area contributed by atoms with E-state index >= 15 is 13.6 Å². The molecule has 0 bridgehead atoms. The summed E-state index contributed by atoms with van der Waals surface area (Å²) in [7, 11) is -4.09. The average Bonchev–Trinajstić information content (AvgIpc) is 4.17. The van der Waals surface area contributed by atoms with Crippen LogP contribution in [-0.2, 0) is 45.0 Å². The van der Waals surface area contributed by atoms with Crippen LogP contribution < -0.4 is 20.5 Å².